The first-order valence-electron chi connectivity index (χ1n) is 9.04. The lowest BCUT2D eigenvalue weighted by Gasteiger charge is -2.30. The van der Waals surface area contributed by atoms with Crippen LogP contribution in [0.15, 0.2) is 47.4 Å². The Kier molecular flexibility index (Phi) is 6.21. The Morgan fingerprint density at radius 2 is 1.93 bits per heavy atom. The van der Waals surface area contributed by atoms with Crippen LogP contribution in [0.5, 0.6) is 0 Å². The number of nitro groups is 1. The highest BCUT2D eigenvalue weighted by Crippen LogP contribution is 2.26. The summed E-state index contributed by atoms with van der Waals surface area (Å²) in [6.45, 7) is 3.00. The number of nitrogens with one attached hydrogen (secondary N) is 1. The zero-order valence-corrected chi connectivity index (χ0v) is 17.2. The molecule has 0 aromatic heterocycles. The molecule has 0 aliphatic carbocycles. The molecule has 10 heteroatoms. The van der Waals surface area contributed by atoms with Crippen molar-refractivity contribution < 1.29 is 18.1 Å². The van der Waals surface area contributed by atoms with Crippen LogP contribution >= 0.6 is 11.6 Å². The highest BCUT2D eigenvalue weighted by Gasteiger charge is 2.28. The second-order valence-corrected chi connectivity index (χ2v) is 9.38. The Morgan fingerprint density at radius 1 is 1.24 bits per heavy atom. The van der Waals surface area contributed by atoms with Crippen molar-refractivity contribution in [1.82, 2.24) is 4.31 Å². The van der Waals surface area contributed by atoms with Crippen molar-refractivity contribution in [2.75, 3.05) is 18.4 Å². The summed E-state index contributed by atoms with van der Waals surface area (Å²) in [4.78, 5) is 23.0. The van der Waals surface area contributed by atoms with Gasteiger partial charge < -0.3 is 5.32 Å². The van der Waals surface area contributed by atoms with Crippen molar-refractivity contribution >= 4 is 38.9 Å². The van der Waals surface area contributed by atoms with E-state index in [9.17, 15) is 23.3 Å². The third kappa shape index (κ3) is 4.75. The molecular formula is C19H20ClN3O5S. The molecule has 154 valence electrons. The summed E-state index contributed by atoms with van der Waals surface area (Å²) < 4.78 is 27.1. The molecule has 1 unspecified atom stereocenters. The fourth-order valence-electron chi connectivity index (χ4n) is 3.27. The van der Waals surface area contributed by atoms with Gasteiger partial charge in [0.1, 0.15) is 5.56 Å². The Labute approximate surface area is 173 Å². The highest BCUT2D eigenvalue weighted by atomic mass is 35.5. The summed E-state index contributed by atoms with van der Waals surface area (Å²) in [5, 5.41) is 13.8. The Morgan fingerprint density at radius 3 is 2.55 bits per heavy atom. The molecule has 8 nitrogen and oxygen atoms in total. The Bertz CT molecular complexity index is 1040. The fraction of sp³-hybridized carbons (Fsp3) is 0.316. The predicted molar refractivity (Wildman–Crippen MR) is 110 cm³/mol. The summed E-state index contributed by atoms with van der Waals surface area (Å²) in [6.07, 6.45) is 1.84. The third-order valence-electron chi connectivity index (χ3n) is 4.77. The lowest BCUT2D eigenvalue weighted by atomic mass is 10.0. The molecule has 0 saturated carbocycles. The normalized spacial score (nSPS) is 17.7. The summed E-state index contributed by atoms with van der Waals surface area (Å²) >= 11 is 5.76. The summed E-state index contributed by atoms with van der Waals surface area (Å²) in [7, 11) is -3.60. The van der Waals surface area contributed by atoms with E-state index in [4.69, 9.17) is 11.6 Å². The van der Waals surface area contributed by atoms with Gasteiger partial charge in [0.2, 0.25) is 10.0 Å². The first-order valence-corrected chi connectivity index (χ1v) is 10.9. The standard InChI is InChI=1S/C19H20ClN3O5S/c1-13-3-2-10-22(12-13)29(27,28)16-7-5-15(6-8-16)21-19(24)17-9-4-14(20)11-18(17)23(25)26/h4-9,11,13H,2-3,10,12H2,1H3,(H,21,24). The van der Waals surface area contributed by atoms with Crippen molar-refractivity contribution in [3.05, 3.63) is 63.2 Å². The number of nitro benzene ring substituents is 1. The lowest BCUT2D eigenvalue weighted by Crippen LogP contribution is -2.39. The number of rotatable bonds is 5. The molecule has 1 atom stereocenters. The molecule has 3 rings (SSSR count). The molecule has 0 bridgehead atoms. The van der Waals surface area contributed by atoms with Gasteiger partial charge in [0, 0.05) is 29.9 Å². The first kappa shape index (κ1) is 21.2. The van der Waals surface area contributed by atoms with Gasteiger partial charge in [-0.1, -0.05) is 18.5 Å². The van der Waals surface area contributed by atoms with Crippen LogP contribution in [0.4, 0.5) is 11.4 Å². The number of piperidine rings is 1. The predicted octanol–water partition coefficient (Wildman–Crippen LogP) is 3.92. The van der Waals surface area contributed by atoms with Gasteiger partial charge >= 0.3 is 0 Å². The maximum atomic E-state index is 12.8. The largest absolute Gasteiger partial charge is 0.322 e. The average molecular weight is 438 g/mol. The molecule has 29 heavy (non-hydrogen) atoms. The van der Waals surface area contributed by atoms with Gasteiger partial charge in [0.15, 0.2) is 0 Å². The Hall–Kier alpha value is -2.49. The number of carbonyl (C=O) groups is 1. The van der Waals surface area contributed by atoms with Crippen molar-refractivity contribution in [3.63, 3.8) is 0 Å². The van der Waals surface area contributed by atoms with Crippen LogP contribution in [-0.2, 0) is 10.0 Å². The number of hydrogen-bond acceptors (Lipinski definition) is 5. The second kappa shape index (κ2) is 8.48. The number of benzene rings is 2. The summed E-state index contributed by atoms with van der Waals surface area (Å²) in [5.74, 6) is -0.374. The topological polar surface area (TPSA) is 110 Å². The summed E-state index contributed by atoms with van der Waals surface area (Å²) in [5.41, 5.74) is -0.225. The van der Waals surface area contributed by atoms with Crippen molar-refractivity contribution in [1.29, 1.82) is 0 Å². The van der Waals surface area contributed by atoms with E-state index in [2.05, 4.69) is 5.32 Å². The molecule has 1 amide bonds. The zero-order valence-electron chi connectivity index (χ0n) is 15.7. The summed E-state index contributed by atoms with van der Waals surface area (Å²) in [6, 6.07) is 9.51. The quantitative estimate of drug-likeness (QED) is 0.563. The monoisotopic (exact) mass is 437 g/mol. The number of nitrogens with zero attached hydrogens (tertiary/aromatic N) is 2. The molecule has 2 aromatic rings. The lowest BCUT2D eigenvalue weighted by molar-refractivity contribution is -0.385. The van der Waals surface area contributed by atoms with Crippen LogP contribution in [0.3, 0.4) is 0 Å². The van der Waals surface area contributed by atoms with Gasteiger partial charge in [-0.2, -0.15) is 4.31 Å². The van der Waals surface area contributed by atoms with Gasteiger partial charge in [-0.25, -0.2) is 8.42 Å². The van der Waals surface area contributed by atoms with Crippen LogP contribution in [0.2, 0.25) is 5.02 Å². The average Bonchev–Trinajstić information content (AvgIpc) is 2.68. The molecule has 1 N–H and O–H groups in total. The van der Waals surface area contributed by atoms with E-state index >= 15 is 0 Å². The van der Waals surface area contributed by atoms with Crippen LogP contribution in [-0.4, -0.2) is 36.6 Å². The smallest absolute Gasteiger partial charge is 0.283 e. The SMILES string of the molecule is CC1CCCN(S(=O)(=O)c2ccc(NC(=O)c3ccc(Cl)cc3[N+](=O)[O-])cc2)C1. The number of sulfonamides is 1. The van der Waals surface area contributed by atoms with Gasteiger partial charge in [0.25, 0.3) is 11.6 Å². The van der Waals surface area contributed by atoms with Crippen LogP contribution in [0.1, 0.15) is 30.1 Å². The van der Waals surface area contributed by atoms with E-state index in [1.54, 1.807) is 0 Å². The van der Waals surface area contributed by atoms with E-state index < -0.39 is 26.5 Å². The molecular weight excluding hydrogens is 418 g/mol. The van der Waals surface area contributed by atoms with E-state index in [0.717, 1.165) is 18.9 Å². The number of halogens is 1. The maximum absolute atomic E-state index is 12.8. The van der Waals surface area contributed by atoms with Gasteiger partial charge in [-0.05, 0) is 55.2 Å². The maximum Gasteiger partial charge on any atom is 0.283 e. The molecule has 1 heterocycles. The minimum Gasteiger partial charge on any atom is -0.322 e. The van der Waals surface area contributed by atoms with Crippen molar-refractivity contribution in [2.24, 2.45) is 5.92 Å². The van der Waals surface area contributed by atoms with Gasteiger partial charge in [-0.15, -0.1) is 0 Å². The van der Waals surface area contributed by atoms with E-state index in [1.807, 2.05) is 6.92 Å². The number of anilines is 1. The second-order valence-electron chi connectivity index (χ2n) is 7.01. The van der Waals surface area contributed by atoms with Crippen LogP contribution in [0.25, 0.3) is 0 Å². The fourth-order valence-corrected chi connectivity index (χ4v) is 5.03. The molecule has 1 saturated heterocycles. The zero-order chi connectivity index (χ0) is 21.2. The van der Waals surface area contributed by atoms with Crippen molar-refractivity contribution in [2.45, 2.75) is 24.7 Å². The first-order chi connectivity index (χ1) is 13.7. The molecule has 2 aromatic carbocycles. The highest BCUT2D eigenvalue weighted by molar-refractivity contribution is 7.89. The molecule has 0 spiro atoms. The van der Waals surface area contributed by atoms with E-state index in [0.29, 0.717) is 24.7 Å². The minimum absolute atomic E-state index is 0.140. The molecule has 0 radical (unpaired) electrons. The molecule has 1 fully saturated rings. The third-order valence-corrected chi connectivity index (χ3v) is 6.89. The van der Waals surface area contributed by atoms with E-state index in [1.165, 1.54) is 40.7 Å². The number of amides is 1. The van der Waals surface area contributed by atoms with E-state index in [-0.39, 0.29) is 15.5 Å². The van der Waals surface area contributed by atoms with Crippen LogP contribution < -0.4 is 5.32 Å². The molecule has 1 aliphatic heterocycles. The van der Waals surface area contributed by atoms with Crippen molar-refractivity contribution in [3.8, 4) is 0 Å². The Balaban J connectivity index is 1.77. The van der Waals surface area contributed by atoms with Gasteiger partial charge in [0.05, 0.1) is 9.82 Å². The number of hydrogen-bond donors (Lipinski definition) is 1. The molecule has 1 aliphatic rings. The minimum atomic E-state index is -3.60. The van der Waals surface area contributed by atoms with Crippen LogP contribution in [0, 0.1) is 16.0 Å². The van der Waals surface area contributed by atoms with Gasteiger partial charge in [-0.3, -0.25) is 14.9 Å². The number of carbonyl (C=O) groups excluding carboxylic acids is 1.